The van der Waals surface area contributed by atoms with Crippen LogP contribution in [-0.4, -0.2) is 31.4 Å². The first-order valence-corrected chi connectivity index (χ1v) is 17.0. The molecule has 5 nitrogen and oxygen atoms in total. The Kier molecular flexibility index (Phi) is 9.59. The van der Waals surface area contributed by atoms with Crippen LogP contribution in [0.2, 0.25) is 0 Å². The Labute approximate surface area is 260 Å². The highest BCUT2D eigenvalue weighted by Crippen LogP contribution is 2.67. The Morgan fingerprint density at radius 2 is 1.72 bits per heavy atom. The normalized spacial score (nSPS) is 34.2. The van der Waals surface area contributed by atoms with Gasteiger partial charge in [-0.2, -0.15) is 0 Å². The molecule has 0 radical (unpaired) electrons. The van der Waals surface area contributed by atoms with Gasteiger partial charge in [-0.15, -0.1) is 0 Å². The Balaban J connectivity index is 1.21. The van der Waals surface area contributed by atoms with Gasteiger partial charge in [-0.05, 0) is 115 Å². The number of hydrogen-bond donors (Lipinski definition) is 1. The molecule has 0 aliphatic heterocycles. The van der Waals surface area contributed by atoms with E-state index in [1.165, 1.54) is 77.2 Å². The Bertz CT molecular complexity index is 1190. The summed E-state index contributed by atoms with van der Waals surface area (Å²) in [5.74, 6) is 5.18. The van der Waals surface area contributed by atoms with Gasteiger partial charge in [-0.1, -0.05) is 65.5 Å². The molecule has 4 aliphatic rings. The molecule has 3 saturated carbocycles. The van der Waals surface area contributed by atoms with Crippen LogP contribution in [0.25, 0.3) is 6.08 Å². The Morgan fingerprint density at radius 1 is 1.00 bits per heavy atom. The lowest BCUT2D eigenvalue weighted by molar-refractivity contribution is -0.145. The summed E-state index contributed by atoms with van der Waals surface area (Å²) in [6.45, 7) is 12.5. The van der Waals surface area contributed by atoms with E-state index in [9.17, 15) is 9.90 Å². The van der Waals surface area contributed by atoms with Crippen molar-refractivity contribution in [2.45, 2.75) is 111 Å². The van der Waals surface area contributed by atoms with E-state index in [0.717, 1.165) is 54.8 Å². The van der Waals surface area contributed by atoms with Gasteiger partial charge in [0.15, 0.2) is 11.5 Å². The first-order chi connectivity index (χ1) is 20.5. The molecule has 43 heavy (non-hydrogen) atoms. The number of ether oxygens (including phenoxy) is 3. The third kappa shape index (κ3) is 6.25. The molecule has 0 saturated heterocycles. The lowest BCUT2D eigenvalue weighted by atomic mass is 9.47. The molecule has 0 unspecified atom stereocenters. The molecule has 1 aromatic carbocycles. The second-order valence-corrected chi connectivity index (χ2v) is 15.2. The van der Waals surface area contributed by atoms with Crippen LogP contribution in [-0.2, 0) is 9.53 Å². The van der Waals surface area contributed by atoms with Crippen LogP contribution < -0.4 is 9.47 Å². The summed E-state index contributed by atoms with van der Waals surface area (Å²) in [6, 6.07) is 3.35. The molecule has 3 fully saturated rings. The predicted molar refractivity (Wildman–Crippen MR) is 173 cm³/mol. The quantitative estimate of drug-likeness (QED) is 0.167. The highest BCUT2D eigenvalue weighted by Gasteiger charge is 2.59. The molecule has 0 amide bonds. The van der Waals surface area contributed by atoms with Crippen molar-refractivity contribution < 1.29 is 24.1 Å². The van der Waals surface area contributed by atoms with Crippen molar-refractivity contribution >= 4 is 12.0 Å². The molecular formula is C38H56O5. The molecule has 8 atom stereocenters. The maximum absolute atomic E-state index is 12.8. The van der Waals surface area contributed by atoms with Crippen molar-refractivity contribution in [1.29, 1.82) is 0 Å². The topological polar surface area (TPSA) is 65.0 Å². The van der Waals surface area contributed by atoms with Crippen molar-refractivity contribution in [2.24, 2.45) is 46.3 Å². The van der Waals surface area contributed by atoms with Crippen molar-refractivity contribution in [3.8, 4) is 17.2 Å². The number of rotatable bonds is 10. The molecule has 1 N–H and O–H groups in total. The summed E-state index contributed by atoms with van der Waals surface area (Å²) in [6.07, 6.45) is 19.5. The highest BCUT2D eigenvalue weighted by molar-refractivity contribution is 5.87. The number of aromatic hydroxyl groups is 1. The molecular weight excluding hydrogens is 536 g/mol. The van der Waals surface area contributed by atoms with Gasteiger partial charge in [0.05, 0.1) is 14.2 Å². The third-order valence-corrected chi connectivity index (χ3v) is 12.5. The third-order valence-electron chi connectivity index (χ3n) is 12.5. The van der Waals surface area contributed by atoms with Gasteiger partial charge in [0.2, 0.25) is 5.75 Å². The van der Waals surface area contributed by atoms with Gasteiger partial charge in [-0.3, -0.25) is 0 Å². The highest BCUT2D eigenvalue weighted by atomic mass is 16.5. The molecule has 0 aromatic heterocycles. The number of fused-ring (bicyclic) bond motifs is 5. The predicted octanol–water partition coefficient (Wildman–Crippen LogP) is 9.38. The number of phenolic OH excluding ortho intramolecular Hbond substituents is 1. The standard InChI is InChI=1S/C38H56O5/c1-24(2)9-8-10-25(3)30-14-15-31-29-13-12-27-23-28(17-19-37(27,4)32(29)18-20-38(30,31)5)43-35(39)16-11-26-21-33(41-6)36(40)34(22-26)42-7/h11-12,16,21-22,24-25,28-32,40H,8-10,13-15,17-20,23H2,1-7H3/b16-11+/t25-,28+,29+,30-,31+,32+,37+,38-/m1/s1. The van der Waals surface area contributed by atoms with Gasteiger partial charge < -0.3 is 19.3 Å². The molecule has 5 heteroatoms. The average molecular weight is 593 g/mol. The molecule has 238 valence electrons. The van der Waals surface area contributed by atoms with Crippen LogP contribution >= 0.6 is 0 Å². The maximum Gasteiger partial charge on any atom is 0.331 e. The van der Waals surface area contributed by atoms with Crippen molar-refractivity contribution in [3.05, 3.63) is 35.4 Å². The van der Waals surface area contributed by atoms with E-state index in [1.54, 1.807) is 18.2 Å². The van der Waals surface area contributed by atoms with Gasteiger partial charge in [0, 0.05) is 12.5 Å². The van der Waals surface area contributed by atoms with Gasteiger partial charge in [0.1, 0.15) is 6.10 Å². The summed E-state index contributed by atoms with van der Waals surface area (Å²) in [5, 5.41) is 10.2. The van der Waals surface area contributed by atoms with E-state index >= 15 is 0 Å². The summed E-state index contributed by atoms with van der Waals surface area (Å²) >= 11 is 0. The minimum absolute atomic E-state index is 0.0556. The number of carbonyl (C=O) groups excluding carboxylic acids is 1. The lowest BCUT2D eigenvalue weighted by Crippen LogP contribution is -2.51. The van der Waals surface area contributed by atoms with Gasteiger partial charge in [0.25, 0.3) is 0 Å². The average Bonchev–Trinajstić information content (AvgIpc) is 3.34. The first-order valence-electron chi connectivity index (χ1n) is 17.0. The van der Waals surface area contributed by atoms with Gasteiger partial charge in [-0.25, -0.2) is 4.79 Å². The van der Waals surface area contributed by atoms with Crippen LogP contribution in [0.4, 0.5) is 0 Å². The van der Waals surface area contributed by atoms with Crippen molar-refractivity contribution in [2.75, 3.05) is 14.2 Å². The lowest BCUT2D eigenvalue weighted by Gasteiger charge is -2.58. The summed E-state index contributed by atoms with van der Waals surface area (Å²) in [4.78, 5) is 12.8. The van der Waals surface area contributed by atoms with E-state index in [2.05, 4.69) is 40.7 Å². The number of benzene rings is 1. The SMILES string of the molecule is COc1cc(/C=C/C(=O)O[C@H]2CC[C@@]3(C)C(=CC[C@H]4[C@@H]5CC[C@H]([C@H](C)CCCC(C)C)[C@@]5(C)CC[C@@H]43)C2)cc(OC)c1O. The van der Waals surface area contributed by atoms with Crippen LogP contribution in [0, 0.1) is 46.3 Å². The smallest absolute Gasteiger partial charge is 0.331 e. The molecule has 4 aliphatic carbocycles. The summed E-state index contributed by atoms with van der Waals surface area (Å²) < 4.78 is 16.4. The summed E-state index contributed by atoms with van der Waals surface area (Å²) in [5.41, 5.74) is 2.98. The van der Waals surface area contributed by atoms with E-state index in [0.29, 0.717) is 22.5 Å². The van der Waals surface area contributed by atoms with E-state index in [4.69, 9.17) is 14.2 Å². The van der Waals surface area contributed by atoms with E-state index < -0.39 is 0 Å². The van der Waals surface area contributed by atoms with Gasteiger partial charge >= 0.3 is 5.97 Å². The maximum atomic E-state index is 12.8. The number of esters is 1. The molecule has 0 bridgehead atoms. The Hall–Kier alpha value is -2.43. The van der Waals surface area contributed by atoms with E-state index in [1.807, 2.05) is 0 Å². The largest absolute Gasteiger partial charge is 0.502 e. The molecule has 1 aromatic rings. The number of phenols is 1. The molecule has 5 rings (SSSR count). The zero-order valence-corrected chi connectivity index (χ0v) is 27.8. The fraction of sp³-hybridized carbons (Fsp3) is 0.711. The minimum atomic E-state index is -0.332. The van der Waals surface area contributed by atoms with Crippen molar-refractivity contribution in [1.82, 2.24) is 0 Å². The van der Waals surface area contributed by atoms with Crippen LogP contribution in [0.5, 0.6) is 17.2 Å². The van der Waals surface area contributed by atoms with Crippen LogP contribution in [0.15, 0.2) is 29.9 Å². The number of hydrogen-bond acceptors (Lipinski definition) is 5. The van der Waals surface area contributed by atoms with Crippen LogP contribution in [0.1, 0.15) is 111 Å². The zero-order valence-electron chi connectivity index (χ0n) is 27.8. The number of allylic oxidation sites excluding steroid dienone is 1. The molecule has 0 heterocycles. The molecule has 0 spiro atoms. The first kappa shape index (κ1) is 32.0. The second kappa shape index (κ2) is 12.9. The van der Waals surface area contributed by atoms with Crippen LogP contribution in [0.3, 0.4) is 0 Å². The number of methoxy groups -OCH3 is 2. The second-order valence-electron chi connectivity index (χ2n) is 15.2. The number of carbonyl (C=O) groups is 1. The van der Waals surface area contributed by atoms with E-state index in [-0.39, 0.29) is 23.2 Å². The zero-order chi connectivity index (χ0) is 30.9. The van der Waals surface area contributed by atoms with Crippen molar-refractivity contribution in [3.63, 3.8) is 0 Å². The monoisotopic (exact) mass is 592 g/mol. The summed E-state index contributed by atoms with van der Waals surface area (Å²) in [7, 11) is 2.98. The Morgan fingerprint density at radius 3 is 2.40 bits per heavy atom. The fourth-order valence-electron chi connectivity index (χ4n) is 10.1. The fourth-order valence-corrected chi connectivity index (χ4v) is 10.1. The minimum Gasteiger partial charge on any atom is -0.502 e.